The van der Waals surface area contributed by atoms with Gasteiger partial charge in [-0.25, -0.2) is 0 Å². The second kappa shape index (κ2) is 7.45. The third-order valence-electron chi connectivity index (χ3n) is 3.41. The largest absolute Gasteiger partial charge is 0.484 e. The zero-order chi connectivity index (χ0) is 16.8. The van der Waals surface area contributed by atoms with Crippen LogP contribution in [0.1, 0.15) is 27.0 Å². The number of primary amides is 1. The Labute approximate surface area is 135 Å². The zero-order valence-electron chi connectivity index (χ0n) is 13.3. The van der Waals surface area contributed by atoms with Crippen LogP contribution in [0.5, 0.6) is 5.75 Å². The summed E-state index contributed by atoms with van der Waals surface area (Å²) in [5.74, 6) is -0.327. The first-order valence-electron chi connectivity index (χ1n) is 7.31. The highest BCUT2D eigenvalue weighted by Gasteiger charge is 2.08. The Morgan fingerprint density at radius 3 is 2.61 bits per heavy atom. The van der Waals surface area contributed by atoms with Gasteiger partial charge in [-0.1, -0.05) is 29.8 Å². The van der Waals surface area contributed by atoms with Gasteiger partial charge in [0.1, 0.15) is 5.75 Å². The lowest BCUT2D eigenvalue weighted by molar-refractivity contribution is -0.119. The van der Waals surface area contributed by atoms with Crippen LogP contribution in [0.15, 0.2) is 42.5 Å². The molecule has 2 rings (SSSR count). The van der Waals surface area contributed by atoms with E-state index < -0.39 is 5.91 Å². The first-order valence-corrected chi connectivity index (χ1v) is 7.31. The van der Waals surface area contributed by atoms with Gasteiger partial charge >= 0.3 is 0 Å². The molecule has 120 valence electrons. The van der Waals surface area contributed by atoms with E-state index in [1.165, 1.54) is 5.56 Å². The molecule has 0 aromatic heterocycles. The number of nitrogens with two attached hydrogens (primary N) is 1. The van der Waals surface area contributed by atoms with Gasteiger partial charge < -0.3 is 15.8 Å². The average molecular weight is 312 g/mol. The lowest BCUT2D eigenvalue weighted by atomic mass is 10.1. The SMILES string of the molecule is Cc1ccc(CNC(=O)c2cccc(OCC(N)=O)c2)c(C)c1. The molecule has 0 aliphatic rings. The molecule has 2 aromatic rings. The summed E-state index contributed by atoms with van der Waals surface area (Å²) in [6.07, 6.45) is 0. The van der Waals surface area contributed by atoms with E-state index in [0.29, 0.717) is 17.9 Å². The summed E-state index contributed by atoms with van der Waals surface area (Å²) >= 11 is 0. The second-order valence-corrected chi connectivity index (χ2v) is 5.40. The smallest absolute Gasteiger partial charge is 0.255 e. The standard InChI is InChI=1S/C18H20N2O3/c1-12-6-7-15(13(2)8-12)10-20-18(22)14-4-3-5-16(9-14)23-11-17(19)21/h3-9H,10-11H2,1-2H3,(H2,19,21)(H,20,22). The van der Waals surface area contributed by atoms with E-state index in [1.807, 2.05) is 26.0 Å². The fourth-order valence-electron chi connectivity index (χ4n) is 2.20. The van der Waals surface area contributed by atoms with E-state index >= 15 is 0 Å². The van der Waals surface area contributed by atoms with E-state index in [1.54, 1.807) is 24.3 Å². The van der Waals surface area contributed by atoms with E-state index in [9.17, 15) is 9.59 Å². The van der Waals surface area contributed by atoms with Crippen LogP contribution in [0.2, 0.25) is 0 Å². The summed E-state index contributed by atoms with van der Waals surface area (Å²) in [7, 11) is 0. The zero-order valence-corrected chi connectivity index (χ0v) is 13.3. The maximum atomic E-state index is 12.2. The first kappa shape index (κ1) is 16.5. The summed E-state index contributed by atoms with van der Waals surface area (Å²) in [5, 5.41) is 2.88. The van der Waals surface area contributed by atoms with Gasteiger partial charge in [0.15, 0.2) is 6.61 Å². The van der Waals surface area contributed by atoms with Crippen molar-refractivity contribution in [1.82, 2.24) is 5.32 Å². The molecule has 23 heavy (non-hydrogen) atoms. The van der Waals surface area contributed by atoms with E-state index in [0.717, 1.165) is 11.1 Å². The molecule has 0 heterocycles. The Morgan fingerprint density at radius 1 is 1.13 bits per heavy atom. The molecule has 0 aliphatic carbocycles. The van der Waals surface area contributed by atoms with Crippen molar-refractivity contribution in [3.8, 4) is 5.75 Å². The predicted molar refractivity (Wildman–Crippen MR) is 88.2 cm³/mol. The molecule has 0 bridgehead atoms. The number of hydrogen-bond acceptors (Lipinski definition) is 3. The molecule has 5 nitrogen and oxygen atoms in total. The van der Waals surface area contributed by atoms with Crippen molar-refractivity contribution in [1.29, 1.82) is 0 Å². The lowest BCUT2D eigenvalue weighted by Crippen LogP contribution is -2.23. The van der Waals surface area contributed by atoms with Crippen LogP contribution in [0.3, 0.4) is 0 Å². The highest BCUT2D eigenvalue weighted by molar-refractivity contribution is 5.94. The van der Waals surface area contributed by atoms with Crippen LogP contribution in [0.25, 0.3) is 0 Å². The third-order valence-corrected chi connectivity index (χ3v) is 3.41. The minimum absolute atomic E-state index is 0.200. The number of amides is 2. The van der Waals surface area contributed by atoms with Crippen LogP contribution in [0, 0.1) is 13.8 Å². The quantitative estimate of drug-likeness (QED) is 0.857. The summed E-state index contributed by atoms with van der Waals surface area (Å²) < 4.78 is 5.20. The highest BCUT2D eigenvalue weighted by atomic mass is 16.5. The van der Waals surface area contributed by atoms with Gasteiger partial charge in [0, 0.05) is 12.1 Å². The molecule has 0 spiro atoms. The normalized spacial score (nSPS) is 10.2. The number of carbonyl (C=O) groups is 2. The Hall–Kier alpha value is -2.82. The van der Waals surface area contributed by atoms with E-state index in [-0.39, 0.29) is 12.5 Å². The van der Waals surface area contributed by atoms with Gasteiger partial charge in [0.05, 0.1) is 0 Å². The molecule has 0 fully saturated rings. The van der Waals surface area contributed by atoms with Crippen LogP contribution >= 0.6 is 0 Å². The number of nitrogens with one attached hydrogen (secondary N) is 1. The van der Waals surface area contributed by atoms with Crippen molar-refractivity contribution in [2.75, 3.05) is 6.61 Å². The molecule has 2 amide bonds. The molecule has 0 unspecified atom stereocenters. The molecular formula is C18H20N2O3. The van der Waals surface area contributed by atoms with Crippen molar-refractivity contribution in [3.63, 3.8) is 0 Å². The summed E-state index contributed by atoms with van der Waals surface area (Å²) in [6, 6.07) is 12.8. The Morgan fingerprint density at radius 2 is 1.91 bits per heavy atom. The summed E-state index contributed by atoms with van der Waals surface area (Å²) in [4.78, 5) is 23.0. The molecule has 0 atom stereocenters. The fraction of sp³-hybridized carbons (Fsp3) is 0.222. The van der Waals surface area contributed by atoms with Crippen molar-refractivity contribution in [2.45, 2.75) is 20.4 Å². The molecular weight excluding hydrogens is 292 g/mol. The molecule has 2 aromatic carbocycles. The number of rotatable bonds is 6. The van der Waals surface area contributed by atoms with Crippen molar-refractivity contribution in [2.24, 2.45) is 5.73 Å². The molecule has 3 N–H and O–H groups in total. The number of carbonyl (C=O) groups excluding carboxylic acids is 2. The average Bonchev–Trinajstić information content (AvgIpc) is 2.52. The first-order chi connectivity index (χ1) is 11.0. The molecule has 0 saturated heterocycles. The number of aryl methyl sites for hydroxylation is 2. The van der Waals surface area contributed by atoms with Crippen molar-refractivity contribution < 1.29 is 14.3 Å². The van der Waals surface area contributed by atoms with Crippen molar-refractivity contribution >= 4 is 11.8 Å². The van der Waals surface area contributed by atoms with Gasteiger partial charge in [0.2, 0.25) is 0 Å². The molecule has 0 aliphatic heterocycles. The maximum absolute atomic E-state index is 12.2. The Kier molecular flexibility index (Phi) is 5.36. The second-order valence-electron chi connectivity index (χ2n) is 5.40. The molecule has 0 radical (unpaired) electrons. The monoisotopic (exact) mass is 312 g/mol. The summed E-state index contributed by atoms with van der Waals surface area (Å²) in [6.45, 7) is 4.30. The number of hydrogen-bond donors (Lipinski definition) is 2. The third kappa shape index (κ3) is 4.85. The van der Waals surface area contributed by atoms with Gasteiger partial charge in [-0.05, 0) is 43.2 Å². The fourth-order valence-corrected chi connectivity index (χ4v) is 2.20. The summed E-state index contributed by atoms with van der Waals surface area (Å²) in [5.41, 5.74) is 8.91. The predicted octanol–water partition coefficient (Wildman–Crippen LogP) is 2.10. The molecule has 0 saturated carbocycles. The Balaban J connectivity index is 2.00. The van der Waals surface area contributed by atoms with E-state index in [2.05, 4.69) is 11.4 Å². The van der Waals surface area contributed by atoms with Crippen LogP contribution in [-0.2, 0) is 11.3 Å². The van der Waals surface area contributed by atoms with E-state index in [4.69, 9.17) is 10.5 Å². The minimum atomic E-state index is -0.560. The molecule has 5 heteroatoms. The van der Waals surface area contributed by atoms with Crippen LogP contribution < -0.4 is 15.8 Å². The number of ether oxygens (including phenoxy) is 1. The van der Waals surface area contributed by atoms with Crippen molar-refractivity contribution in [3.05, 3.63) is 64.7 Å². The van der Waals surface area contributed by atoms with Gasteiger partial charge in [0.25, 0.3) is 11.8 Å². The Bertz CT molecular complexity index is 726. The maximum Gasteiger partial charge on any atom is 0.255 e. The number of benzene rings is 2. The highest BCUT2D eigenvalue weighted by Crippen LogP contribution is 2.14. The van der Waals surface area contributed by atoms with Gasteiger partial charge in [-0.15, -0.1) is 0 Å². The van der Waals surface area contributed by atoms with Gasteiger partial charge in [-0.3, -0.25) is 9.59 Å². The van der Waals surface area contributed by atoms with Gasteiger partial charge in [-0.2, -0.15) is 0 Å². The topological polar surface area (TPSA) is 81.4 Å². The van der Waals surface area contributed by atoms with Crippen LogP contribution in [0.4, 0.5) is 0 Å². The minimum Gasteiger partial charge on any atom is -0.484 e. The van der Waals surface area contributed by atoms with Crippen LogP contribution in [-0.4, -0.2) is 18.4 Å². The lowest BCUT2D eigenvalue weighted by Gasteiger charge is -2.10.